The molecule has 0 aliphatic heterocycles. The van der Waals surface area contributed by atoms with Gasteiger partial charge in [0.1, 0.15) is 5.82 Å². The zero-order valence-corrected chi connectivity index (χ0v) is 15.1. The molecule has 0 unspecified atom stereocenters. The van der Waals surface area contributed by atoms with Crippen molar-refractivity contribution >= 4 is 15.9 Å². The Labute approximate surface area is 154 Å². The Hall–Kier alpha value is -2.02. The standard InChI is InChI=1S/C19H18BrFN2O2/c20-16-6-7-17(21)15(10-16)12-23(8-9-24)13-19-22-11-18(25-19)14-4-2-1-3-5-14/h1-7,10-11,24H,8-9,12-13H2. The Morgan fingerprint density at radius 1 is 1.12 bits per heavy atom. The van der Waals surface area contributed by atoms with Crippen molar-refractivity contribution in [2.75, 3.05) is 13.2 Å². The number of aliphatic hydroxyl groups excluding tert-OH is 1. The van der Waals surface area contributed by atoms with Crippen LogP contribution >= 0.6 is 15.9 Å². The second kappa shape index (κ2) is 8.38. The second-order valence-corrected chi connectivity index (χ2v) is 6.57. The van der Waals surface area contributed by atoms with Crippen molar-refractivity contribution in [1.82, 2.24) is 9.88 Å². The minimum absolute atomic E-state index is 0.0259. The highest BCUT2D eigenvalue weighted by Crippen LogP contribution is 2.22. The lowest BCUT2D eigenvalue weighted by molar-refractivity contribution is 0.171. The van der Waals surface area contributed by atoms with Crippen molar-refractivity contribution in [3.8, 4) is 11.3 Å². The first-order valence-electron chi connectivity index (χ1n) is 7.93. The van der Waals surface area contributed by atoms with Crippen LogP contribution in [-0.2, 0) is 13.1 Å². The predicted octanol–water partition coefficient (Wildman–Crippen LogP) is 4.24. The molecule has 130 valence electrons. The van der Waals surface area contributed by atoms with Gasteiger partial charge in [-0.1, -0.05) is 46.3 Å². The first-order valence-corrected chi connectivity index (χ1v) is 8.72. The van der Waals surface area contributed by atoms with E-state index < -0.39 is 0 Å². The fourth-order valence-corrected chi connectivity index (χ4v) is 2.98. The van der Waals surface area contributed by atoms with Crippen molar-refractivity contribution in [1.29, 1.82) is 0 Å². The van der Waals surface area contributed by atoms with Crippen molar-refractivity contribution in [2.24, 2.45) is 0 Å². The van der Waals surface area contributed by atoms with E-state index in [1.54, 1.807) is 18.3 Å². The molecule has 2 aromatic carbocycles. The number of benzene rings is 2. The lowest BCUT2D eigenvalue weighted by atomic mass is 10.2. The normalized spacial score (nSPS) is 11.2. The van der Waals surface area contributed by atoms with Crippen LogP contribution in [-0.4, -0.2) is 28.1 Å². The van der Waals surface area contributed by atoms with E-state index in [2.05, 4.69) is 20.9 Å². The molecule has 4 nitrogen and oxygen atoms in total. The third-order valence-corrected chi connectivity index (χ3v) is 4.28. The van der Waals surface area contributed by atoms with Gasteiger partial charge in [0.2, 0.25) is 5.89 Å². The average Bonchev–Trinajstić information content (AvgIpc) is 3.08. The maximum absolute atomic E-state index is 14.0. The number of aromatic nitrogens is 1. The van der Waals surface area contributed by atoms with Gasteiger partial charge < -0.3 is 9.52 Å². The molecule has 0 bridgehead atoms. The Balaban J connectivity index is 1.74. The molecule has 0 radical (unpaired) electrons. The minimum atomic E-state index is -0.275. The van der Waals surface area contributed by atoms with Crippen LogP contribution in [0.3, 0.4) is 0 Å². The lowest BCUT2D eigenvalue weighted by Crippen LogP contribution is -2.26. The molecule has 1 aromatic heterocycles. The molecule has 0 saturated heterocycles. The number of hydrogen-bond acceptors (Lipinski definition) is 4. The van der Waals surface area contributed by atoms with Crippen LogP contribution in [0.1, 0.15) is 11.5 Å². The number of hydrogen-bond donors (Lipinski definition) is 1. The first kappa shape index (κ1) is 17.8. The molecule has 0 aliphatic rings. The largest absolute Gasteiger partial charge is 0.439 e. The van der Waals surface area contributed by atoms with E-state index in [4.69, 9.17) is 4.42 Å². The zero-order chi connectivity index (χ0) is 17.6. The summed E-state index contributed by atoms with van der Waals surface area (Å²) in [6.07, 6.45) is 1.68. The molecular formula is C19H18BrFN2O2. The van der Waals surface area contributed by atoms with Gasteiger partial charge in [-0.25, -0.2) is 9.37 Å². The quantitative estimate of drug-likeness (QED) is 0.639. The number of rotatable bonds is 7. The Kier molecular flexibility index (Phi) is 5.96. The van der Waals surface area contributed by atoms with Crippen LogP contribution in [0.2, 0.25) is 0 Å². The van der Waals surface area contributed by atoms with Crippen LogP contribution in [0, 0.1) is 5.82 Å². The molecule has 0 atom stereocenters. The lowest BCUT2D eigenvalue weighted by Gasteiger charge is -2.20. The number of aliphatic hydroxyl groups is 1. The number of nitrogens with zero attached hydrogens (tertiary/aromatic N) is 2. The van der Waals surface area contributed by atoms with E-state index in [1.807, 2.05) is 35.2 Å². The smallest absolute Gasteiger partial charge is 0.209 e. The van der Waals surface area contributed by atoms with Crippen LogP contribution in [0.4, 0.5) is 4.39 Å². The molecule has 3 rings (SSSR count). The SMILES string of the molecule is OCCN(Cc1ncc(-c2ccccc2)o1)Cc1cc(Br)ccc1F. The van der Waals surface area contributed by atoms with E-state index in [0.29, 0.717) is 36.8 Å². The fourth-order valence-electron chi connectivity index (χ4n) is 2.57. The van der Waals surface area contributed by atoms with Gasteiger partial charge in [0.25, 0.3) is 0 Å². The first-order chi connectivity index (χ1) is 12.2. The second-order valence-electron chi connectivity index (χ2n) is 5.65. The average molecular weight is 405 g/mol. The molecule has 25 heavy (non-hydrogen) atoms. The summed E-state index contributed by atoms with van der Waals surface area (Å²) in [5.74, 6) is 0.944. The van der Waals surface area contributed by atoms with Crippen molar-refractivity contribution in [3.05, 3.63) is 76.5 Å². The molecule has 0 fully saturated rings. The summed E-state index contributed by atoms with van der Waals surface area (Å²) in [7, 11) is 0. The van der Waals surface area contributed by atoms with Gasteiger partial charge in [0.15, 0.2) is 5.76 Å². The molecule has 0 spiro atoms. The van der Waals surface area contributed by atoms with Crippen LogP contribution < -0.4 is 0 Å². The fraction of sp³-hybridized carbons (Fsp3) is 0.211. The van der Waals surface area contributed by atoms with Gasteiger partial charge in [-0.3, -0.25) is 4.90 Å². The highest BCUT2D eigenvalue weighted by Gasteiger charge is 2.14. The molecular weight excluding hydrogens is 387 g/mol. The van der Waals surface area contributed by atoms with Crippen LogP contribution in [0.15, 0.2) is 63.6 Å². The Morgan fingerprint density at radius 2 is 1.92 bits per heavy atom. The van der Waals surface area contributed by atoms with E-state index in [9.17, 15) is 9.50 Å². The van der Waals surface area contributed by atoms with E-state index >= 15 is 0 Å². The summed E-state index contributed by atoms with van der Waals surface area (Å²) in [6, 6.07) is 14.5. The molecule has 0 saturated carbocycles. The topological polar surface area (TPSA) is 49.5 Å². The highest BCUT2D eigenvalue weighted by molar-refractivity contribution is 9.10. The van der Waals surface area contributed by atoms with Crippen LogP contribution in [0.25, 0.3) is 11.3 Å². The van der Waals surface area contributed by atoms with Gasteiger partial charge in [-0.2, -0.15) is 0 Å². The molecule has 0 aliphatic carbocycles. The van der Waals surface area contributed by atoms with Gasteiger partial charge in [0.05, 0.1) is 19.3 Å². The number of oxazole rings is 1. The van der Waals surface area contributed by atoms with E-state index in [-0.39, 0.29) is 12.4 Å². The van der Waals surface area contributed by atoms with Crippen molar-refractivity contribution < 1.29 is 13.9 Å². The van der Waals surface area contributed by atoms with Gasteiger partial charge >= 0.3 is 0 Å². The van der Waals surface area contributed by atoms with E-state index in [1.165, 1.54) is 6.07 Å². The summed E-state index contributed by atoms with van der Waals surface area (Å²) in [6.45, 7) is 1.12. The van der Waals surface area contributed by atoms with Gasteiger partial charge in [-0.15, -0.1) is 0 Å². The van der Waals surface area contributed by atoms with Crippen LogP contribution in [0.5, 0.6) is 0 Å². The maximum atomic E-state index is 14.0. The summed E-state index contributed by atoms with van der Waals surface area (Å²) in [5.41, 5.74) is 1.51. The molecule has 1 N–H and O–H groups in total. The summed E-state index contributed by atoms with van der Waals surface area (Å²) >= 11 is 3.36. The summed E-state index contributed by atoms with van der Waals surface area (Å²) < 4.78 is 20.6. The van der Waals surface area contributed by atoms with Crippen molar-refractivity contribution in [3.63, 3.8) is 0 Å². The molecule has 6 heteroatoms. The molecule has 0 amide bonds. The maximum Gasteiger partial charge on any atom is 0.209 e. The highest BCUT2D eigenvalue weighted by atomic mass is 79.9. The summed E-state index contributed by atoms with van der Waals surface area (Å²) in [4.78, 5) is 6.20. The monoisotopic (exact) mass is 404 g/mol. The van der Waals surface area contributed by atoms with E-state index in [0.717, 1.165) is 10.0 Å². The Morgan fingerprint density at radius 3 is 2.68 bits per heavy atom. The minimum Gasteiger partial charge on any atom is -0.439 e. The summed E-state index contributed by atoms with van der Waals surface area (Å²) in [5, 5.41) is 9.30. The number of halogens is 2. The van der Waals surface area contributed by atoms with Gasteiger partial charge in [0, 0.05) is 28.7 Å². The Bertz CT molecular complexity index is 823. The van der Waals surface area contributed by atoms with Gasteiger partial charge in [-0.05, 0) is 18.2 Å². The predicted molar refractivity (Wildman–Crippen MR) is 97.2 cm³/mol. The molecule has 1 heterocycles. The zero-order valence-electron chi connectivity index (χ0n) is 13.5. The molecule has 3 aromatic rings. The third-order valence-electron chi connectivity index (χ3n) is 3.79. The third kappa shape index (κ3) is 4.75. The van der Waals surface area contributed by atoms with Crippen molar-refractivity contribution in [2.45, 2.75) is 13.1 Å².